The normalized spacial score (nSPS) is 18.6. The smallest absolute Gasteiger partial charge is 0.344 e. The summed E-state index contributed by atoms with van der Waals surface area (Å²) in [4.78, 5) is 86.6. The number of carbonyl (C=O) groups is 7. The van der Waals surface area contributed by atoms with Crippen LogP contribution in [-0.4, -0.2) is 81.8 Å². The van der Waals surface area contributed by atoms with Crippen LogP contribution in [0.4, 0.5) is 4.79 Å². The minimum absolute atomic E-state index is 0.149. The number of benzene rings is 1. The van der Waals surface area contributed by atoms with Gasteiger partial charge in [-0.1, -0.05) is 23.7 Å². The molecule has 5 amide bonds. The molecule has 0 spiro atoms. The lowest BCUT2D eigenvalue weighted by Crippen LogP contribution is -2.65. The molecule has 2 saturated heterocycles. The van der Waals surface area contributed by atoms with Gasteiger partial charge < -0.3 is 10.1 Å². The van der Waals surface area contributed by atoms with Crippen molar-refractivity contribution in [1.82, 2.24) is 25.8 Å². The summed E-state index contributed by atoms with van der Waals surface area (Å²) in [6, 6.07) is 3.23. The summed E-state index contributed by atoms with van der Waals surface area (Å²) in [5.74, 6) is -3.34. The van der Waals surface area contributed by atoms with Crippen LogP contribution in [0, 0.1) is 0 Å². The minimum Gasteiger partial charge on any atom is -0.344 e. The summed E-state index contributed by atoms with van der Waals surface area (Å²) in [7, 11) is 0. The Morgan fingerprint density at radius 2 is 1.83 bits per heavy atom. The molecule has 3 rings (SSSR count). The molecule has 36 heavy (non-hydrogen) atoms. The molecule has 13 heteroatoms. The zero-order chi connectivity index (χ0) is 26.4. The van der Waals surface area contributed by atoms with E-state index >= 15 is 0 Å². The molecule has 12 nitrogen and oxygen atoms in total. The van der Waals surface area contributed by atoms with E-state index in [2.05, 4.69) is 10.7 Å². The van der Waals surface area contributed by atoms with Gasteiger partial charge in [-0.15, -0.1) is 0 Å². The van der Waals surface area contributed by atoms with Crippen LogP contribution in [0.1, 0.15) is 38.2 Å². The van der Waals surface area contributed by atoms with Crippen molar-refractivity contribution in [3.63, 3.8) is 0 Å². The van der Waals surface area contributed by atoms with Gasteiger partial charge in [-0.05, 0) is 37.5 Å². The highest BCUT2D eigenvalue weighted by molar-refractivity contribution is 6.36. The molecule has 0 unspecified atom stereocenters. The molecule has 0 saturated carbocycles. The Hall–Kier alpha value is -3.80. The second-order valence-corrected chi connectivity index (χ2v) is 8.96. The SMILES string of the molecule is CC(=O)C[C@@H](C=O)NC(=O)[C@@H]1CCCN2C(=O)CCN(NC(=O)C(=O)Cc3ccc(Cl)cc3)C(=O)N12. The van der Waals surface area contributed by atoms with Crippen LogP contribution in [0.5, 0.6) is 0 Å². The van der Waals surface area contributed by atoms with Gasteiger partial charge in [-0.25, -0.2) is 19.8 Å². The van der Waals surface area contributed by atoms with E-state index in [0.717, 1.165) is 15.0 Å². The van der Waals surface area contributed by atoms with Crippen LogP contribution in [0.2, 0.25) is 5.02 Å². The number of hydrogen-bond donors (Lipinski definition) is 2. The summed E-state index contributed by atoms with van der Waals surface area (Å²) in [5.41, 5.74) is 2.79. The number of nitrogens with zero attached hydrogens (tertiary/aromatic N) is 3. The number of ketones is 2. The average molecular weight is 520 g/mol. The number of rotatable bonds is 9. The van der Waals surface area contributed by atoms with E-state index < -0.39 is 41.6 Å². The quantitative estimate of drug-likeness (QED) is 0.348. The lowest BCUT2D eigenvalue weighted by Gasteiger charge is -2.42. The molecule has 0 aromatic heterocycles. The fourth-order valence-corrected chi connectivity index (χ4v) is 4.12. The maximum absolute atomic E-state index is 13.3. The van der Waals surface area contributed by atoms with E-state index in [1.807, 2.05) is 0 Å². The summed E-state index contributed by atoms with van der Waals surface area (Å²) >= 11 is 5.83. The molecule has 2 N–H and O–H groups in total. The average Bonchev–Trinajstić information content (AvgIpc) is 2.96. The first-order valence-corrected chi connectivity index (χ1v) is 11.7. The molecular weight excluding hydrogens is 494 g/mol. The Labute approximate surface area is 211 Å². The number of urea groups is 1. The van der Waals surface area contributed by atoms with Gasteiger partial charge in [0.25, 0.3) is 0 Å². The summed E-state index contributed by atoms with van der Waals surface area (Å²) < 4.78 is 0. The Kier molecular flexibility index (Phi) is 8.75. The Balaban J connectivity index is 1.74. The molecule has 192 valence electrons. The molecule has 2 aliphatic rings. The van der Waals surface area contributed by atoms with E-state index in [1.54, 1.807) is 24.3 Å². The van der Waals surface area contributed by atoms with Crippen molar-refractivity contribution in [2.45, 2.75) is 51.1 Å². The topological polar surface area (TPSA) is 153 Å². The second-order valence-electron chi connectivity index (χ2n) is 8.53. The molecule has 2 fully saturated rings. The number of Topliss-reactive ketones (excluding diaryl/α,β-unsaturated/α-hetero) is 2. The predicted octanol–water partition coefficient (Wildman–Crippen LogP) is 0.179. The van der Waals surface area contributed by atoms with E-state index in [0.29, 0.717) is 23.3 Å². The third-order valence-corrected chi connectivity index (χ3v) is 5.99. The van der Waals surface area contributed by atoms with Crippen molar-refractivity contribution in [2.24, 2.45) is 0 Å². The Morgan fingerprint density at radius 3 is 2.47 bits per heavy atom. The molecule has 1 aromatic rings. The van der Waals surface area contributed by atoms with Gasteiger partial charge in [0.05, 0.1) is 12.6 Å². The summed E-state index contributed by atoms with van der Waals surface area (Å²) in [6.45, 7) is 1.24. The summed E-state index contributed by atoms with van der Waals surface area (Å²) in [6.07, 6.45) is 0.435. The van der Waals surface area contributed by atoms with Crippen molar-refractivity contribution in [3.8, 4) is 0 Å². The van der Waals surface area contributed by atoms with E-state index in [1.165, 1.54) is 6.92 Å². The highest BCUT2D eigenvalue weighted by Gasteiger charge is 2.44. The number of amides is 5. The number of hydrogen-bond acceptors (Lipinski definition) is 7. The highest BCUT2D eigenvalue weighted by atomic mass is 35.5. The van der Waals surface area contributed by atoms with E-state index in [-0.39, 0.29) is 44.6 Å². The van der Waals surface area contributed by atoms with Gasteiger partial charge in [0.1, 0.15) is 18.1 Å². The Bertz CT molecular complexity index is 1080. The lowest BCUT2D eigenvalue weighted by molar-refractivity contribution is -0.155. The van der Waals surface area contributed by atoms with Gasteiger partial charge in [0.2, 0.25) is 17.6 Å². The molecule has 2 aliphatic heterocycles. The highest BCUT2D eigenvalue weighted by Crippen LogP contribution is 2.24. The first-order chi connectivity index (χ1) is 17.1. The van der Waals surface area contributed by atoms with Crippen molar-refractivity contribution < 1.29 is 33.6 Å². The molecule has 2 heterocycles. The molecular formula is C23H26ClN5O7. The minimum atomic E-state index is -1.16. The van der Waals surface area contributed by atoms with Crippen LogP contribution < -0.4 is 10.7 Å². The van der Waals surface area contributed by atoms with Gasteiger partial charge in [-0.2, -0.15) is 0 Å². The molecule has 0 radical (unpaired) electrons. The summed E-state index contributed by atoms with van der Waals surface area (Å²) in [5, 5.41) is 5.81. The van der Waals surface area contributed by atoms with Crippen molar-refractivity contribution in [2.75, 3.05) is 13.1 Å². The van der Waals surface area contributed by atoms with Crippen molar-refractivity contribution in [1.29, 1.82) is 0 Å². The maximum atomic E-state index is 13.3. The molecule has 0 aliphatic carbocycles. The fourth-order valence-electron chi connectivity index (χ4n) is 3.99. The number of aldehydes is 1. The van der Waals surface area contributed by atoms with Crippen LogP contribution >= 0.6 is 11.6 Å². The zero-order valence-electron chi connectivity index (χ0n) is 19.6. The molecule has 2 atom stereocenters. The van der Waals surface area contributed by atoms with Gasteiger partial charge in [-0.3, -0.25) is 29.4 Å². The number of hydrazine groups is 2. The van der Waals surface area contributed by atoms with Crippen molar-refractivity contribution in [3.05, 3.63) is 34.9 Å². The molecule has 0 bridgehead atoms. The zero-order valence-corrected chi connectivity index (χ0v) is 20.3. The number of nitrogens with one attached hydrogen (secondary N) is 2. The van der Waals surface area contributed by atoms with Crippen LogP contribution in [-0.2, 0) is 35.2 Å². The number of fused-ring (bicyclic) bond motifs is 1. The van der Waals surface area contributed by atoms with Gasteiger partial charge >= 0.3 is 11.9 Å². The fraction of sp³-hybridized carbons (Fsp3) is 0.435. The standard InChI is InChI=1S/C23H26ClN5O7/c1-14(31)11-17(13-30)25-21(34)18-3-2-9-28-20(33)8-10-27(23(36)29(18)28)26-22(35)19(32)12-15-4-6-16(24)7-5-15/h4-7,13,17-18H,2-3,8-12H2,1H3,(H,25,34)(H,26,35)/t17-,18-/m0/s1. The van der Waals surface area contributed by atoms with Crippen molar-refractivity contribution >= 4 is 53.2 Å². The molecule has 1 aromatic carbocycles. The van der Waals surface area contributed by atoms with E-state index in [9.17, 15) is 33.6 Å². The third kappa shape index (κ3) is 6.45. The monoisotopic (exact) mass is 519 g/mol. The van der Waals surface area contributed by atoms with E-state index in [4.69, 9.17) is 11.6 Å². The first kappa shape index (κ1) is 26.8. The predicted molar refractivity (Wildman–Crippen MR) is 125 cm³/mol. The maximum Gasteiger partial charge on any atom is 0.358 e. The lowest BCUT2D eigenvalue weighted by atomic mass is 10.1. The third-order valence-electron chi connectivity index (χ3n) is 5.74. The van der Waals surface area contributed by atoms with Crippen LogP contribution in [0.15, 0.2) is 24.3 Å². The first-order valence-electron chi connectivity index (χ1n) is 11.3. The van der Waals surface area contributed by atoms with Gasteiger partial charge in [0.15, 0.2) is 0 Å². The van der Waals surface area contributed by atoms with Crippen LogP contribution in [0.25, 0.3) is 0 Å². The second kappa shape index (κ2) is 11.8. The number of halogens is 1. The largest absolute Gasteiger partial charge is 0.358 e. The van der Waals surface area contributed by atoms with Gasteiger partial charge in [0, 0.05) is 30.8 Å². The number of carbonyl (C=O) groups excluding carboxylic acids is 7. The van der Waals surface area contributed by atoms with Crippen LogP contribution in [0.3, 0.4) is 0 Å². The Morgan fingerprint density at radius 1 is 1.14 bits per heavy atom.